The SMILES string of the molecule is C1=NSCN1c1cccs1. The highest BCUT2D eigenvalue weighted by Crippen LogP contribution is 2.25. The number of anilines is 1. The molecule has 1 aliphatic rings. The van der Waals surface area contributed by atoms with Gasteiger partial charge in [0.2, 0.25) is 0 Å². The van der Waals surface area contributed by atoms with Gasteiger partial charge in [0, 0.05) is 0 Å². The van der Waals surface area contributed by atoms with Crippen molar-refractivity contribution in [1.82, 2.24) is 0 Å². The molecule has 2 heterocycles. The Balaban J connectivity index is 2.20. The van der Waals surface area contributed by atoms with E-state index in [0.717, 1.165) is 5.88 Å². The molecule has 0 saturated heterocycles. The molecule has 0 spiro atoms. The Morgan fingerprint density at radius 1 is 1.60 bits per heavy atom. The standard InChI is InChI=1S/C6H6N2S2/c1-2-6(9-3-1)8-4-7-10-5-8/h1-4H,5H2. The van der Waals surface area contributed by atoms with E-state index >= 15 is 0 Å². The van der Waals surface area contributed by atoms with Crippen LogP contribution in [-0.2, 0) is 0 Å². The fraction of sp³-hybridized carbons (Fsp3) is 0.167. The highest BCUT2D eigenvalue weighted by atomic mass is 32.2. The molecule has 1 aromatic heterocycles. The lowest BCUT2D eigenvalue weighted by atomic mass is 10.6. The number of hydrogen-bond acceptors (Lipinski definition) is 4. The van der Waals surface area contributed by atoms with Crippen LogP contribution < -0.4 is 4.90 Å². The van der Waals surface area contributed by atoms with E-state index in [1.807, 2.05) is 6.34 Å². The van der Waals surface area contributed by atoms with E-state index in [2.05, 4.69) is 26.8 Å². The van der Waals surface area contributed by atoms with Crippen LogP contribution in [0.5, 0.6) is 0 Å². The number of thiophene rings is 1. The fourth-order valence-corrected chi connectivity index (χ4v) is 2.13. The Hall–Kier alpha value is -0.480. The van der Waals surface area contributed by atoms with Gasteiger partial charge < -0.3 is 4.90 Å². The average molecular weight is 170 g/mol. The molecule has 0 unspecified atom stereocenters. The maximum absolute atomic E-state index is 4.04. The van der Waals surface area contributed by atoms with Crippen molar-refractivity contribution >= 4 is 34.6 Å². The van der Waals surface area contributed by atoms with Crippen molar-refractivity contribution in [2.45, 2.75) is 0 Å². The van der Waals surface area contributed by atoms with Crippen LogP contribution in [0.4, 0.5) is 5.00 Å². The second kappa shape index (κ2) is 2.64. The van der Waals surface area contributed by atoms with Crippen molar-refractivity contribution in [2.75, 3.05) is 10.8 Å². The van der Waals surface area contributed by atoms with Gasteiger partial charge in [-0.25, -0.2) is 4.40 Å². The molecule has 0 N–H and O–H groups in total. The lowest BCUT2D eigenvalue weighted by Gasteiger charge is -2.07. The first-order valence-electron chi connectivity index (χ1n) is 2.92. The molecule has 0 atom stereocenters. The summed E-state index contributed by atoms with van der Waals surface area (Å²) in [6, 6.07) is 4.15. The van der Waals surface area contributed by atoms with Gasteiger partial charge in [-0.3, -0.25) is 0 Å². The van der Waals surface area contributed by atoms with Gasteiger partial charge in [0.1, 0.15) is 6.34 Å². The van der Waals surface area contributed by atoms with Gasteiger partial charge in [-0.1, -0.05) is 0 Å². The van der Waals surface area contributed by atoms with Crippen LogP contribution in [0.3, 0.4) is 0 Å². The minimum absolute atomic E-state index is 0.959. The van der Waals surface area contributed by atoms with Gasteiger partial charge in [0.25, 0.3) is 0 Å². The summed E-state index contributed by atoms with van der Waals surface area (Å²) in [5.74, 6) is 0.959. The molecule has 0 saturated carbocycles. The van der Waals surface area contributed by atoms with E-state index in [4.69, 9.17) is 0 Å². The average Bonchev–Trinajstić information content (AvgIpc) is 2.59. The summed E-state index contributed by atoms with van der Waals surface area (Å²) in [7, 11) is 0. The van der Waals surface area contributed by atoms with Crippen LogP contribution in [0.1, 0.15) is 0 Å². The molecule has 0 fully saturated rings. The van der Waals surface area contributed by atoms with E-state index < -0.39 is 0 Å². The first-order valence-corrected chi connectivity index (χ1v) is 4.74. The molecule has 0 amide bonds. The summed E-state index contributed by atoms with van der Waals surface area (Å²) in [5.41, 5.74) is 0. The molecule has 0 aliphatic carbocycles. The van der Waals surface area contributed by atoms with Crippen LogP contribution in [0, 0.1) is 0 Å². The quantitative estimate of drug-likeness (QED) is 0.600. The zero-order chi connectivity index (χ0) is 6.81. The monoisotopic (exact) mass is 170 g/mol. The number of hydrogen-bond donors (Lipinski definition) is 0. The zero-order valence-corrected chi connectivity index (χ0v) is 6.86. The topological polar surface area (TPSA) is 15.6 Å². The molecule has 0 aromatic carbocycles. The van der Waals surface area contributed by atoms with Crippen molar-refractivity contribution in [2.24, 2.45) is 4.40 Å². The molecular weight excluding hydrogens is 164 g/mol. The Morgan fingerprint density at radius 2 is 2.60 bits per heavy atom. The molecular formula is C6H6N2S2. The number of rotatable bonds is 1. The number of nitrogens with zero attached hydrogens (tertiary/aromatic N) is 2. The summed E-state index contributed by atoms with van der Waals surface area (Å²) >= 11 is 3.32. The van der Waals surface area contributed by atoms with E-state index in [1.165, 1.54) is 5.00 Å². The van der Waals surface area contributed by atoms with Gasteiger partial charge in [0.05, 0.1) is 10.9 Å². The Kier molecular flexibility index (Phi) is 1.65. The summed E-state index contributed by atoms with van der Waals surface area (Å²) < 4.78 is 4.04. The third-order valence-corrected chi connectivity index (χ3v) is 2.79. The Morgan fingerprint density at radius 3 is 3.20 bits per heavy atom. The zero-order valence-electron chi connectivity index (χ0n) is 5.23. The van der Waals surface area contributed by atoms with Crippen LogP contribution in [0.15, 0.2) is 21.9 Å². The largest absolute Gasteiger partial charge is 0.312 e. The second-order valence-electron chi connectivity index (χ2n) is 1.90. The van der Waals surface area contributed by atoms with Crippen molar-refractivity contribution < 1.29 is 0 Å². The molecule has 2 nitrogen and oxygen atoms in total. The predicted octanol–water partition coefficient (Wildman–Crippen LogP) is 2.20. The molecule has 10 heavy (non-hydrogen) atoms. The van der Waals surface area contributed by atoms with Gasteiger partial charge >= 0.3 is 0 Å². The third kappa shape index (κ3) is 1.04. The minimum atomic E-state index is 0.959. The molecule has 1 aromatic rings. The van der Waals surface area contributed by atoms with E-state index in [0.29, 0.717) is 0 Å². The Labute approximate surface area is 67.7 Å². The van der Waals surface area contributed by atoms with Crippen LogP contribution in [-0.4, -0.2) is 12.2 Å². The maximum atomic E-state index is 4.04. The van der Waals surface area contributed by atoms with Gasteiger partial charge in [0.15, 0.2) is 0 Å². The van der Waals surface area contributed by atoms with Crippen LogP contribution >= 0.6 is 23.3 Å². The summed E-state index contributed by atoms with van der Waals surface area (Å²) in [5, 5.41) is 3.35. The normalized spacial score (nSPS) is 16.6. The lowest BCUT2D eigenvalue weighted by Crippen LogP contribution is -2.13. The fourth-order valence-electron chi connectivity index (χ4n) is 0.773. The second-order valence-corrected chi connectivity index (χ2v) is 3.55. The van der Waals surface area contributed by atoms with Crippen molar-refractivity contribution in [3.05, 3.63) is 17.5 Å². The summed E-state index contributed by atoms with van der Waals surface area (Å²) in [4.78, 5) is 2.13. The van der Waals surface area contributed by atoms with Gasteiger partial charge in [-0.05, 0) is 29.5 Å². The first-order chi connectivity index (χ1) is 4.97. The molecule has 0 bridgehead atoms. The van der Waals surface area contributed by atoms with E-state index in [-0.39, 0.29) is 0 Å². The van der Waals surface area contributed by atoms with E-state index in [9.17, 15) is 0 Å². The summed E-state index contributed by atoms with van der Waals surface area (Å²) in [6.07, 6.45) is 1.87. The van der Waals surface area contributed by atoms with Gasteiger partial charge in [-0.15, -0.1) is 11.3 Å². The lowest BCUT2D eigenvalue weighted by molar-refractivity contribution is 1.31. The molecule has 52 valence electrons. The first kappa shape index (κ1) is 6.24. The van der Waals surface area contributed by atoms with Crippen molar-refractivity contribution in [3.63, 3.8) is 0 Å². The maximum Gasteiger partial charge on any atom is 0.105 e. The molecule has 0 radical (unpaired) electrons. The summed E-state index contributed by atoms with van der Waals surface area (Å²) in [6.45, 7) is 0. The third-order valence-electron chi connectivity index (χ3n) is 1.25. The Bertz CT molecular complexity index is 230. The van der Waals surface area contributed by atoms with Crippen molar-refractivity contribution in [3.8, 4) is 0 Å². The molecule has 2 rings (SSSR count). The predicted molar refractivity (Wildman–Crippen MR) is 47.7 cm³/mol. The molecule has 1 aliphatic heterocycles. The highest BCUT2D eigenvalue weighted by Gasteiger charge is 2.08. The van der Waals surface area contributed by atoms with E-state index in [1.54, 1.807) is 23.3 Å². The highest BCUT2D eigenvalue weighted by molar-refractivity contribution is 7.98. The molecule has 4 heteroatoms. The van der Waals surface area contributed by atoms with Crippen LogP contribution in [0.25, 0.3) is 0 Å². The smallest absolute Gasteiger partial charge is 0.105 e. The van der Waals surface area contributed by atoms with Crippen molar-refractivity contribution in [1.29, 1.82) is 0 Å². The minimum Gasteiger partial charge on any atom is -0.312 e. The van der Waals surface area contributed by atoms with Gasteiger partial charge in [-0.2, -0.15) is 0 Å². The van der Waals surface area contributed by atoms with Crippen LogP contribution in [0.2, 0.25) is 0 Å².